The van der Waals surface area contributed by atoms with Crippen LogP contribution in [0.2, 0.25) is 0 Å². The fourth-order valence-electron chi connectivity index (χ4n) is 2.25. The van der Waals surface area contributed by atoms with E-state index >= 15 is 0 Å². The number of nitrogens with zero attached hydrogens (tertiary/aromatic N) is 1. The molecule has 0 radical (unpaired) electrons. The molecule has 0 aromatic heterocycles. The molecule has 0 heterocycles. The molecule has 0 aliphatic carbocycles. The van der Waals surface area contributed by atoms with Gasteiger partial charge in [0.15, 0.2) is 23.3 Å². The van der Waals surface area contributed by atoms with E-state index in [4.69, 9.17) is 5.11 Å². The average Bonchev–Trinajstić information content (AvgIpc) is 2.60. The van der Waals surface area contributed by atoms with Gasteiger partial charge in [-0.2, -0.15) is 4.39 Å². The first-order valence-corrected chi connectivity index (χ1v) is 7.85. The van der Waals surface area contributed by atoms with E-state index in [9.17, 15) is 32.7 Å². The number of benzene rings is 1. The average molecular weight is 389 g/mol. The molecule has 7 nitrogen and oxygen atoms in total. The van der Waals surface area contributed by atoms with Gasteiger partial charge in [-0.1, -0.05) is 6.92 Å². The zero-order chi connectivity index (χ0) is 20.9. The quantitative estimate of drug-likeness (QED) is 0.176. The van der Waals surface area contributed by atoms with Gasteiger partial charge in [0.1, 0.15) is 0 Å². The van der Waals surface area contributed by atoms with Crippen LogP contribution in [0.5, 0.6) is 5.75 Å². The molecule has 10 heteroatoms. The minimum absolute atomic E-state index is 0.0326. The van der Waals surface area contributed by atoms with Crippen LogP contribution >= 0.6 is 0 Å². The summed E-state index contributed by atoms with van der Waals surface area (Å²) in [7, 11) is 0. The highest BCUT2D eigenvalue weighted by atomic mass is 19.2. The fraction of sp³-hybridized carbons (Fsp3) is 0.412. The van der Waals surface area contributed by atoms with Crippen molar-refractivity contribution in [1.82, 2.24) is 0 Å². The number of aliphatic imine (C=N–C) groups is 1. The molecule has 148 valence electrons. The lowest BCUT2D eigenvalue weighted by Crippen LogP contribution is -2.33. The molecule has 27 heavy (non-hydrogen) atoms. The number of aliphatic hydroxyl groups is 1. The fourth-order valence-corrected chi connectivity index (χ4v) is 2.25. The maximum absolute atomic E-state index is 14.5. The Balaban J connectivity index is 3.56. The molecule has 0 fully saturated rings. The van der Waals surface area contributed by atoms with Gasteiger partial charge in [-0.25, -0.2) is 8.78 Å². The topological polar surface area (TPSA) is 113 Å². The van der Waals surface area contributed by atoms with Gasteiger partial charge in [-0.3, -0.25) is 19.4 Å². The summed E-state index contributed by atoms with van der Waals surface area (Å²) in [5.74, 6) is -12.9. The molecular weight excluding hydrogens is 371 g/mol. The highest BCUT2D eigenvalue weighted by Crippen LogP contribution is 2.29. The first-order valence-electron chi connectivity index (χ1n) is 7.85. The van der Waals surface area contributed by atoms with Crippen molar-refractivity contribution in [2.24, 2.45) is 10.9 Å². The van der Waals surface area contributed by atoms with E-state index in [0.29, 0.717) is 0 Å². The molecule has 0 bridgehead atoms. The maximum atomic E-state index is 14.5. The maximum Gasteiger partial charge on any atom is 0.320 e. The van der Waals surface area contributed by atoms with E-state index in [1.54, 1.807) is 0 Å². The van der Waals surface area contributed by atoms with E-state index in [1.807, 2.05) is 0 Å². The summed E-state index contributed by atoms with van der Waals surface area (Å²) in [6.07, 6.45) is -0.0326. The van der Waals surface area contributed by atoms with Crippen LogP contribution in [0.25, 0.3) is 0 Å². The van der Waals surface area contributed by atoms with Crippen LogP contribution in [0.15, 0.2) is 11.1 Å². The second-order valence-corrected chi connectivity index (χ2v) is 5.60. The standard InChI is InChI=1S/C17H18F3NO6/c1-4-11(21-7(2)6-22)12(17(25)26)15(24)9-5-10(18)14(20)16(13(9)19)27-8(3)23/h5,7,12,22H,4,6H2,1-3H3,(H,25,26). The molecule has 1 aromatic rings. The van der Waals surface area contributed by atoms with Gasteiger partial charge in [-0.05, 0) is 19.4 Å². The summed E-state index contributed by atoms with van der Waals surface area (Å²) in [4.78, 5) is 39.0. The minimum atomic E-state index is -1.99. The lowest BCUT2D eigenvalue weighted by molar-refractivity contribution is -0.138. The van der Waals surface area contributed by atoms with E-state index in [0.717, 1.165) is 6.92 Å². The number of rotatable bonds is 8. The summed E-state index contributed by atoms with van der Waals surface area (Å²) in [6, 6.07) is -0.542. The summed E-state index contributed by atoms with van der Waals surface area (Å²) >= 11 is 0. The van der Waals surface area contributed by atoms with Gasteiger partial charge in [0.25, 0.3) is 0 Å². The number of aliphatic hydroxyl groups excluding tert-OH is 1. The Labute approximate surface area is 152 Å². The Morgan fingerprint density at radius 2 is 1.81 bits per heavy atom. The number of carbonyl (C=O) groups excluding carboxylic acids is 2. The predicted octanol–water partition coefficient (Wildman–Crippen LogP) is 2.14. The van der Waals surface area contributed by atoms with Gasteiger partial charge >= 0.3 is 11.9 Å². The number of hydrogen-bond acceptors (Lipinski definition) is 6. The number of Topliss-reactive ketones (excluding diaryl/α,β-unsaturated/α-hetero) is 1. The van der Waals surface area contributed by atoms with Gasteiger partial charge in [0, 0.05) is 12.6 Å². The van der Waals surface area contributed by atoms with Crippen LogP contribution < -0.4 is 4.74 Å². The van der Waals surface area contributed by atoms with Crippen molar-refractivity contribution in [2.45, 2.75) is 33.2 Å². The number of carbonyl (C=O) groups is 3. The first-order chi connectivity index (χ1) is 12.5. The lowest BCUT2D eigenvalue weighted by atomic mass is 9.91. The SMILES string of the molecule is CCC(=NC(C)CO)C(C(=O)O)C(=O)c1cc(F)c(F)c(OC(C)=O)c1F. The van der Waals surface area contributed by atoms with Gasteiger partial charge in [0.05, 0.1) is 18.2 Å². The Morgan fingerprint density at radius 1 is 1.22 bits per heavy atom. The number of carboxylic acids is 1. The number of carboxylic acid groups (broad SMARTS) is 1. The largest absolute Gasteiger partial charge is 0.480 e. The molecule has 2 unspecified atom stereocenters. The smallest absolute Gasteiger partial charge is 0.320 e. The van der Waals surface area contributed by atoms with E-state index in [1.165, 1.54) is 13.8 Å². The number of ketones is 1. The Bertz CT molecular complexity index is 793. The highest BCUT2D eigenvalue weighted by Gasteiger charge is 2.36. The third-order valence-electron chi connectivity index (χ3n) is 3.48. The summed E-state index contributed by atoms with van der Waals surface area (Å²) in [5.41, 5.74) is -1.29. The summed E-state index contributed by atoms with van der Waals surface area (Å²) < 4.78 is 46.2. The highest BCUT2D eigenvalue weighted by molar-refractivity contribution is 6.23. The summed E-state index contributed by atoms with van der Waals surface area (Å²) in [6.45, 7) is 3.32. The normalized spacial score (nSPS) is 13.8. The molecule has 0 aliphatic rings. The van der Waals surface area contributed by atoms with Crippen LogP contribution in [0.4, 0.5) is 13.2 Å². The Morgan fingerprint density at radius 3 is 2.26 bits per heavy atom. The predicted molar refractivity (Wildman–Crippen MR) is 87.4 cm³/mol. The molecule has 2 N–H and O–H groups in total. The van der Waals surface area contributed by atoms with Gasteiger partial charge in [-0.15, -0.1) is 0 Å². The van der Waals surface area contributed by atoms with E-state index < -0.39 is 65.1 Å². The lowest BCUT2D eigenvalue weighted by Gasteiger charge is -2.16. The van der Waals surface area contributed by atoms with Crippen molar-refractivity contribution in [3.05, 3.63) is 29.1 Å². The zero-order valence-corrected chi connectivity index (χ0v) is 14.8. The van der Waals surface area contributed by atoms with Crippen LogP contribution in [0.3, 0.4) is 0 Å². The second-order valence-electron chi connectivity index (χ2n) is 5.60. The molecule has 0 spiro atoms. The van der Waals surface area contributed by atoms with Crippen LogP contribution in [0, 0.1) is 23.4 Å². The molecule has 1 rings (SSSR count). The summed E-state index contributed by atoms with van der Waals surface area (Å²) in [5, 5.41) is 18.4. The van der Waals surface area contributed by atoms with Gasteiger partial charge < -0.3 is 14.9 Å². The number of hydrogen-bond donors (Lipinski definition) is 2. The number of aliphatic carboxylic acids is 1. The second kappa shape index (κ2) is 9.26. The molecule has 0 saturated heterocycles. The zero-order valence-electron chi connectivity index (χ0n) is 14.8. The first kappa shape index (κ1) is 22.3. The Kier molecular flexibility index (Phi) is 7.65. The number of esters is 1. The molecule has 0 saturated carbocycles. The van der Waals surface area contributed by atoms with Crippen LogP contribution in [-0.2, 0) is 9.59 Å². The minimum Gasteiger partial charge on any atom is -0.480 e. The van der Waals surface area contributed by atoms with Crippen molar-refractivity contribution in [2.75, 3.05) is 6.61 Å². The number of ether oxygens (including phenoxy) is 1. The van der Waals surface area contributed by atoms with Crippen molar-refractivity contribution in [3.8, 4) is 5.75 Å². The van der Waals surface area contributed by atoms with Gasteiger partial charge in [0.2, 0.25) is 11.6 Å². The van der Waals surface area contributed by atoms with E-state index in [2.05, 4.69) is 9.73 Å². The molecular formula is C17H18F3NO6. The van der Waals surface area contributed by atoms with Crippen molar-refractivity contribution in [1.29, 1.82) is 0 Å². The van der Waals surface area contributed by atoms with Crippen LogP contribution in [-0.4, -0.2) is 46.3 Å². The third kappa shape index (κ3) is 5.13. The van der Waals surface area contributed by atoms with E-state index in [-0.39, 0.29) is 18.2 Å². The van der Waals surface area contributed by atoms with Crippen molar-refractivity contribution >= 4 is 23.4 Å². The Hall–Kier alpha value is -2.75. The van der Waals surface area contributed by atoms with Crippen molar-refractivity contribution < 1.29 is 42.5 Å². The molecule has 2 atom stereocenters. The monoisotopic (exact) mass is 389 g/mol. The molecule has 1 aromatic carbocycles. The number of halogens is 3. The molecule has 0 aliphatic heterocycles. The van der Waals surface area contributed by atoms with Crippen molar-refractivity contribution in [3.63, 3.8) is 0 Å². The van der Waals surface area contributed by atoms with Crippen LogP contribution in [0.1, 0.15) is 37.6 Å². The molecule has 0 amide bonds. The third-order valence-corrected chi connectivity index (χ3v) is 3.48.